The fourth-order valence-corrected chi connectivity index (χ4v) is 4.85. The first kappa shape index (κ1) is 21.6. The molecule has 0 heterocycles. The summed E-state index contributed by atoms with van der Waals surface area (Å²) in [5, 5.41) is 8.43. The van der Waals surface area contributed by atoms with Crippen molar-refractivity contribution < 1.29 is 4.39 Å². The molecule has 2 aliphatic carbocycles. The highest BCUT2D eigenvalue weighted by atomic mass is 19.1. The molecular formula is C27H34FN. The molecule has 0 amide bonds. The lowest BCUT2D eigenvalue weighted by Crippen LogP contribution is -2.14. The van der Waals surface area contributed by atoms with Crippen molar-refractivity contribution in [1.29, 1.82) is 5.26 Å². The van der Waals surface area contributed by atoms with E-state index in [2.05, 4.69) is 49.4 Å². The molecule has 0 radical (unpaired) electrons. The zero-order valence-corrected chi connectivity index (χ0v) is 17.7. The van der Waals surface area contributed by atoms with Crippen molar-refractivity contribution in [3.63, 3.8) is 0 Å². The second-order valence-electron chi connectivity index (χ2n) is 8.78. The fraction of sp³-hybridized carbons (Fsp3) is 0.519. The van der Waals surface area contributed by atoms with Crippen molar-refractivity contribution >= 4 is 0 Å². The molecule has 2 fully saturated rings. The largest absolute Gasteiger partial charge is 0.199 e. The van der Waals surface area contributed by atoms with Crippen LogP contribution in [0.3, 0.4) is 0 Å². The molecule has 29 heavy (non-hydrogen) atoms. The van der Waals surface area contributed by atoms with Gasteiger partial charge in [-0.2, -0.15) is 9.65 Å². The van der Waals surface area contributed by atoms with Gasteiger partial charge < -0.3 is 0 Å². The Hall–Kier alpha value is -2.14. The topological polar surface area (TPSA) is 23.8 Å². The van der Waals surface area contributed by atoms with Gasteiger partial charge in [-0.05, 0) is 98.7 Å². The van der Waals surface area contributed by atoms with Gasteiger partial charge in [0.25, 0.3) is 0 Å². The van der Waals surface area contributed by atoms with Crippen LogP contribution in [0.2, 0.25) is 0 Å². The predicted octanol–water partition coefficient (Wildman–Crippen LogP) is 7.82. The molecule has 0 N–H and O–H groups in total. The number of halogens is 1. The molecule has 154 valence electrons. The van der Waals surface area contributed by atoms with Crippen LogP contribution in [0.1, 0.15) is 75.3 Å². The lowest BCUT2D eigenvalue weighted by atomic mass is 9.77. The minimum atomic E-state index is -0.717. The molecular weight excluding hydrogens is 357 g/mol. The standard InChI is InChI=1S/C27H34FN/c1-2-21-12-16-25(17-13-21)26-18-14-24(15-19-26)11-10-23-8-6-22(7-9-23)4-3-5-27(28)20-29/h3-5,10-13,16-17,22-24,26H,2,6-9,14-15,18-19H2,1H3/t22-,23-,24-,26-. The highest BCUT2D eigenvalue weighted by molar-refractivity contribution is 5.26. The van der Waals surface area contributed by atoms with E-state index in [9.17, 15) is 4.39 Å². The molecule has 0 unspecified atom stereocenters. The third kappa shape index (κ3) is 6.70. The first-order valence-corrected chi connectivity index (χ1v) is 11.4. The average molecular weight is 392 g/mol. The maximum absolute atomic E-state index is 12.8. The summed E-state index contributed by atoms with van der Waals surface area (Å²) in [7, 11) is 0. The van der Waals surface area contributed by atoms with E-state index in [0.717, 1.165) is 31.1 Å². The van der Waals surface area contributed by atoms with Gasteiger partial charge in [0, 0.05) is 0 Å². The number of benzene rings is 1. The van der Waals surface area contributed by atoms with Gasteiger partial charge in [-0.15, -0.1) is 0 Å². The van der Waals surface area contributed by atoms with Crippen LogP contribution >= 0.6 is 0 Å². The predicted molar refractivity (Wildman–Crippen MR) is 119 cm³/mol. The number of nitriles is 1. The van der Waals surface area contributed by atoms with E-state index in [1.54, 1.807) is 6.08 Å². The summed E-state index contributed by atoms with van der Waals surface area (Å²) in [5.74, 6) is 2.00. The zero-order valence-electron chi connectivity index (χ0n) is 17.7. The van der Waals surface area contributed by atoms with E-state index in [1.165, 1.54) is 61.8 Å². The van der Waals surface area contributed by atoms with E-state index in [4.69, 9.17) is 5.26 Å². The van der Waals surface area contributed by atoms with Gasteiger partial charge in [0.1, 0.15) is 6.07 Å². The van der Waals surface area contributed by atoms with Crippen LogP contribution in [-0.2, 0) is 6.42 Å². The van der Waals surface area contributed by atoms with Crippen molar-refractivity contribution in [3.05, 3.63) is 71.6 Å². The van der Waals surface area contributed by atoms with E-state index in [1.807, 2.05) is 0 Å². The van der Waals surface area contributed by atoms with Gasteiger partial charge in [0.15, 0.2) is 5.83 Å². The maximum Gasteiger partial charge on any atom is 0.199 e. The summed E-state index contributed by atoms with van der Waals surface area (Å²) < 4.78 is 12.8. The van der Waals surface area contributed by atoms with E-state index in [-0.39, 0.29) is 0 Å². The number of hydrogen-bond donors (Lipinski definition) is 0. The molecule has 0 bridgehead atoms. The van der Waals surface area contributed by atoms with Crippen LogP contribution < -0.4 is 0 Å². The molecule has 2 aliphatic rings. The first-order chi connectivity index (χ1) is 14.2. The molecule has 0 saturated heterocycles. The second kappa shape index (κ2) is 11.1. The van der Waals surface area contributed by atoms with Gasteiger partial charge >= 0.3 is 0 Å². The Labute approximate surface area is 176 Å². The SMILES string of the molecule is CCc1ccc([C@H]2CC[C@H](C=C[C@H]3CC[C@H](C=CC=C(F)C#N)CC3)CC2)cc1. The van der Waals surface area contributed by atoms with Crippen molar-refractivity contribution in [2.24, 2.45) is 17.8 Å². The Morgan fingerprint density at radius 2 is 1.41 bits per heavy atom. The van der Waals surface area contributed by atoms with Crippen LogP contribution in [0.25, 0.3) is 0 Å². The molecule has 0 aliphatic heterocycles. The van der Waals surface area contributed by atoms with E-state index >= 15 is 0 Å². The number of hydrogen-bond acceptors (Lipinski definition) is 1. The van der Waals surface area contributed by atoms with Crippen molar-refractivity contribution in [1.82, 2.24) is 0 Å². The Balaban J connectivity index is 1.39. The zero-order chi connectivity index (χ0) is 20.5. The number of aryl methyl sites for hydroxylation is 1. The summed E-state index contributed by atoms with van der Waals surface area (Å²) >= 11 is 0. The minimum absolute atomic E-state index is 0.525. The van der Waals surface area contributed by atoms with Gasteiger partial charge in [-0.1, -0.05) is 55.5 Å². The highest BCUT2D eigenvalue weighted by Gasteiger charge is 2.22. The van der Waals surface area contributed by atoms with Crippen LogP contribution in [0.15, 0.2) is 60.5 Å². The summed E-state index contributed by atoms with van der Waals surface area (Å²) in [6.45, 7) is 2.21. The Morgan fingerprint density at radius 3 is 1.93 bits per heavy atom. The number of allylic oxidation sites excluding steroid dienone is 6. The summed E-state index contributed by atoms with van der Waals surface area (Å²) in [6.07, 6.45) is 21.1. The van der Waals surface area contributed by atoms with Crippen molar-refractivity contribution in [3.8, 4) is 6.07 Å². The third-order valence-electron chi connectivity index (χ3n) is 6.84. The second-order valence-corrected chi connectivity index (χ2v) is 8.78. The lowest BCUT2D eigenvalue weighted by molar-refractivity contribution is 0.348. The fourth-order valence-electron chi connectivity index (χ4n) is 4.85. The molecule has 1 aromatic carbocycles. The van der Waals surface area contributed by atoms with Crippen LogP contribution in [-0.4, -0.2) is 0 Å². The summed E-state index contributed by atoms with van der Waals surface area (Å²) in [5.41, 5.74) is 2.96. The van der Waals surface area contributed by atoms with Gasteiger partial charge in [0.05, 0.1) is 0 Å². The van der Waals surface area contributed by atoms with Gasteiger partial charge in [0.2, 0.25) is 0 Å². The molecule has 1 nitrogen and oxygen atoms in total. The quantitative estimate of drug-likeness (QED) is 0.275. The smallest absolute Gasteiger partial charge is 0.195 e. The Morgan fingerprint density at radius 1 is 0.897 bits per heavy atom. The normalized spacial score (nSPS) is 28.7. The average Bonchev–Trinajstić information content (AvgIpc) is 2.79. The number of rotatable bonds is 6. The van der Waals surface area contributed by atoms with Gasteiger partial charge in [-0.3, -0.25) is 0 Å². The molecule has 0 atom stereocenters. The van der Waals surface area contributed by atoms with E-state index in [0.29, 0.717) is 11.8 Å². The molecule has 1 aromatic rings. The molecule has 0 spiro atoms. The minimum Gasteiger partial charge on any atom is -0.195 e. The lowest BCUT2D eigenvalue weighted by Gasteiger charge is -2.28. The Bertz CT molecular complexity index is 749. The molecule has 3 rings (SSSR count). The third-order valence-corrected chi connectivity index (χ3v) is 6.84. The van der Waals surface area contributed by atoms with Gasteiger partial charge in [-0.25, -0.2) is 0 Å². The first-order valence-electron chi connectivity index (χ1n) is 11.4. The molecule has 2 heteroatoms. The van der Waals surface area contributed by atoms with Crippen LogP contribution in [0, 0.1) is 29.1 Å². The van der Waals surface area contributed by atoms with Crippen molar-refractivity contribution in [2.75, 3.05) is 0 Å². The Kier molecular flexibility index (Phi) is 8.29. The van der Waals surface area contributed by atoms with Crippen LogP contribution in [0.5, 0.6) is 0 Å². The van der Waals surface area contributed by atoms with Crippen molar-refractivity contribution in [2.45, 2.75) is 70.6 Å². The maximum atomic E-state index is 12.8. The number of nitrogens with zero attached hydrogens (tertiary/aromatic N) is 1. The molecule has 0 aromatic heterocycles. The monoisotopic (exact) mass is 391 g/mol. The van der Waals surface area contributed by atoms with Crippen LogP contribution in [0.4, 0.5) is 4.39 Å². The summed E-state index contributed by atoms with van der Waals surface area (Å²) in [4.78, 5) is 0. The van der Waals surface area contributed by atoms with E-state index < -0.39 is 5.83 Å². The summed E-state index contributed by atoms with van der Waals surface area (Å²) in [6, 6.07) is 10.8. The highest BCUT2D eigenvalue weighted by Crippen LogP contribution is 2.37. The molecule has 2 saturated carbocycles.